The second-order valence-electron chi connectivity index (χ2n) is 3.55. The molecule has 0 aliphatic carbocycles. The first-order valence-electron chi connectivity index (χ1n) is 5.04. The van der Waals surface area contributed by atoms with Gasteiger partial charge in [-0.05, 0) is 18.2 Å². The molecule has 0 fully saturated rings. The molecule has 0 saturated carbocycles. The maximum atomic E-state index is 12.4. The first-order chi connectivity index (χ1) is 8.30. The lowest BCUT2D eigenvalue weighted by molar-refractivity contribution is -0.137. The monoisotopic (exact) mass is 276 g/mol. The van der Waals surface area contributed by atoms with E-state index in [1.165, 1.54) is 12.1 Å². The Hall–Kier alpha value is -1.63. The zero-order valence-corrected chi connectivity index (χ0v) is 10.1. The molecule has 0 aliphatic rings. The van der Waals surface area contributed by atoms with Crippen LogP contribution >= 0.6 is 12.2 Å². The van der Waals surface area contributed by atoms with E-state index in [0.29, 0.717) is 6.42 Å². The van der Waals surface area contributed by atoms with Crippen LogP contribution in [0, 0.1) is 0 Å². The predicted molar refractivity (Wildman–Crippen MR) is 65.2 cm³/mol. The van der Waals surface area contributed by atoms with Gasteiger partial charge < -0.3 is 11.1 Å². The standard InChI is InChI=1S/C11H11F3N2OS/c12-11(13,14)8-3-1-2-7(6-8)10(17)16-5-4-9(15)18/h1-3,6H,4-5H2,(H2,15,18)(H,16,17). The number of carbonyl (C=O) groups is 1. The molecular weight excluding hydrogens is 265 g/mol. The van der Waals surface area contributed by atoms with Crippen LogP contribution in [-0.2, 0) is 6.18 Å². The summed E-state index contributed by atoms with van der Waals surface area (Å²) in [5, 5.41) is 2.44. The number of halogens is 3. The van der Waals surface area contributed by atoms with Crippen LogP contribution in [0.4, 0.5) is 13.2 Å². The Bertz CT molecular complexity index is 460. The number of hydrogen-bond donors (Lipinski definition) is 2. The highest BCUT2D eigenvalue weighted by Gasteiger charge is 2.30. The summed E-state index contributed by atoms with van der Waals surface area (Å²) in [7, 11) is 0. The van der Waals surface area contributed by atoms with Gasteiger partial charge in [0.15, 0.2) is 0 Å². The largest absolute Gasteiger partial charge is 0.416 e. The smallest absolute Gasteiger partial charge is 0.393 e. The molecule has 0 aromatic heterocycles. The molecule has 0 unspecified atom stereocenters. The van der Waals surface area contributed by atoms with Crippen molar-refractivity contribution in [1.29, 1.82) is 0 Å². The fraction of sp³-hybridized carbons (Fsp3) is 0.273. The van der Waals surface area contributed by atoms with Crippen molar-refractivity contribution >= 4 is 23.1 Å². The van der Waals surface area contributed by atoms with Crippen molar-refractivity contribution in [3.05, 3.63) is 35.4 Å². The molecule has 1 rings (SSSR count). The molecule has 0 heterocycles. The van der Waals surface area contributed by atoms with Crippen molar-refractivity contribution in [3.8, 4) is 0 Å². The van der Waals surface area contributed by atoms with Gasteiger partial charge in [-0.15, -0.1) is 0 Å². The summed E-state index contributed by atoms with van der Waals surface area (Å²) in [5.74, 6) is -0.586. The van der Waals surface area contributed by atoms with Gasteiger partial charge in [0.1, 0.15) is 0 Å². The van der Waals surface area contributed by atoms with Crippen molar-refractivity contribution in [2.45, 2.75) is 12.6 Å². The van der Waals surface area contributed by atoms with Crippen molar-refractivity contribution in [2.75, 3.05) is 6.54 Å². The van der Waals surface area contributed by atoms with Crippen molar-refractivity contribution in [2.24, 2.45) is 5.73 Å². The topological polar surface area (TPSA) is 55.1 Å². The Balaban J connectivity index is 2.72. The molecule has 18 heavy (non-hydrogen) atoms. The van der Waals surface area contributed by atoms with Gasteiger partial charge in [0.25, 0.3) is 5.91 Å². The van der Waals surface area contributed by atoms with E-state index in [1.54, 1.807) is 0 Å². The van der Waals surface area contributed by atoms with Crippen LogP contribution in [0.3, 0.4) is 0 Å². The molecule has 0 radical (unpaired) electrons. The summed E-state index contributed by atoms with van der Waals surface area (Å²) in [5.41, 5.74) is 4.32. The summed E-state index contributed by atoms with van der Waals surface area (Å²) in [4.78, 5) is 11.8. The highest BCUT2D eigenvalue weighted by atomic mass is 32.1. The predicted octanol–water partition coefficient (Wildman–Crippen LogP) is 2.11. The average molecular weight is 276 g/mol. The van der Waals surface area contributed by atoms with E-state index in [2.05, 4.69) is 17.5 Å². The number of carbonyl (C=O) groups excluding carboxylic acids is 1. The quantitative estimate of drug-likeness (QED) is 0.828. The van der Waals surface area contributed by atoms with Crippen LogP contribution in [0.25, 0.3) is 0 Å². The molecule has 7 heteroatoms. The Kier molecular flexibility index (Phi) is 4.66. The second kappa shape index (κ2) is 5.81. The highest BCUT2D eigenvalue weighted by molar-refractivity contribution is 7.80. The minimum atomic E-state index is -4.46. The van der Waals surface area contributed by atoms with E-state index < -0.39 is 17.6 Å². The maximum Gasteiger partial charge on any atom is 0.416 e. The van der Waals surface area contributed by atoms with Gasteiger partial charge in [0.05, 0.1) is 10.6 Å². The SMILES string of the molecule is NC(=S)CCNC(=O)c1cccc(C(F)(F)F)c1. The maximum absolute atomic E-state index is 12.4. The summed E-state index contributed by atoms with van der Waals surface area (Å²) >= 11 is 4.61. The van der Waals surface area contributed by atoms with E-state index in [-0.39, 0.29) is 17.1 Å². The first-order valence-corrected chi connectivity index (χ1v) is 5.45. The van der Waals surface area contributed by atoms with Crippen molar-refractivity contribution in [3.63, 3.8) is 0 Å². The van der Waals surface area contributed by atoms with Gasteiger partial charge in [-0.25, -0.2) is 0 Å². The number of alkyl halides is 3. The lowest BCUT2D eigenvalue weighted by Gasteiger charge is -2.09. The van der Waals surface area contributed by atoms with Gasteiger partial charge in [0, 0.05) is 18.5 Å². The van der Waals surface area contributed by atoms with Gasteiger partial charge in [-0.3, -0.25) is 4.79 Å². The Labute approximate surface area is 107 Å². The third-order valence-corrected chi connectivity index (χ3v) is 2.31. The van der Waals surface area contributed by atoms with E-state index >= 15 is 0 Å². The minimum absolute atomic E-state index is 0.0484. The molecule has 3 N–H and O–H groups in total. The van der Waals surface area contributed by atoms with E-state index in [4.69, 9.17) is 5.73 Å². The van der Waals surface area contributed by atoms with Crippen LogP contribution < -0.4 is 11.1 Å². The number of rotatable bonds is 4. The molecule has 0 spiro atoms. The summed E-state index contributed by atoms with van der Waals surface area (Å²) in [6.45, 7) is 0.199. The summed E-state index contributed by atoms with van der Waals surface area (Å²) in [6.07, 6.45) is -4.16. The van der Waals surface area contributed by atoms with E-state index in [0.717, 1.165) is 12.1 Å². The molecule has 0 aliphatic heterocycles. The fourth-order valence-electron chi connectivity index (χ4n) is 1.24. The van der Waals surface area contributed by atoms with Crippen molar-refractivity contribution < 1.29 is 18.0 Å². The zero-order chi connectivity index (χ0) is 13.8. The Morgan fingerprint density at radius 3 is 2.61 bits per heavy atom. The van der Waals surface area contributed by atoms with E-state index in [9.17, 15) is 18.0 Å². The first kappa shape index (κ1) is 14.4. The number of hydrogen-bond acceptors (Lipinski definition) is 2. The Morgan fingerprint density at radius 1 is 1.39 bits per heavy atom. The van der Waals surface area contributed by atoms with Gasteiger partial charge >= 0.3 is 6.18 Å². The lowest BCUT2D eigenvalue weighted by atomic mass is 10.1. The third kappa shape index (κ3) is 4.33. The minimum Gasteiger partial charge on any atom is -0.393 e. The van der Waals surface area contributed by atoms with Gasteiger partial charge in [0.2, 0.25) is 0 Å². The summed E-state index contributed by atoms with van der Waals surface area (Å²) in [6, 6.07) is 4.21. The lowest BCUT2D eigenvalue weighted by Crippen LogP contribution is -2.27. The van der Waals surface area contributed by atoms with Crippen molar-refractivity contribution in [1.82, 2.24) is 5.32 Å². The van der Waals surface area contributed by atoms with Crippen LogP contribution in [0.2, 0.25) is 0 Å². The number of amides is 1. The normalized spacial score (nSPS) is 11.1. The Morgan fingerprint density at radius 2 is 2.06 bits per heavy atom. The van der Waals surface area contributed by atoms with Crippen LogP contribution in [0.5, 0.6) is 0 Å². The molecule has 0 atom stereocenters. The molecule has 98 valence electrons. The zero-order valence-electron chi connectivity index (χ0n) is 9.25. The molecular formula is C11H11F3N2OS. The summed E-state index contributed by atoms with van der Waals surface area (Å²) < 4.78 is 37.3. The molecule has 1 aromatic rings. The van der Waals surface area contributed by atoms with Gasteiger partial charge in [-0.2, -0.15) is 13.2 Å². The fourth-order valence-corrected chi connectivity index (χ4v) is 1.34. The highest BCUT2D eigenvalue weighted by Crippen LogP contribution is 2.29. The number of benzene rings is 1. The number of thiocarbonyl (C=S) groups is 1. The average Bonchev–Trinajstić information content (AvgIpc) is 2.27. The molecule has 1 aromatic carbocycles. The number of nitrogens with one attached hydrogen (secondary N) is 1. The van der Waals surface area contributed by atoms with Crippen LogP contribution in [-0.4, -0.2) is 17.4 Å². The van der Waals surface area contributed by atoms with Crippen LogP contribution in [0.1, 0.15) is 22.3 Å². The third-order valence-electron chi connectivity index (χ3n) is 2.11. The number of nitrogens with two attached hydrogens (primary N) is 1. The molecule has 3 nitrogen and oxygen atoms in total. The van der Waals surface area contributed by atoms with Gasteiger partial charge in [-0.1, -0.05) is 18.3 Å². The van der Waals surface area contributed by atoms with E-state index in [1.807, 2.05) is 0 Å². The molecule has 0 saturated heterocycles. The van der Waals surface area contributed by atoms with Crippen LogP contribution in [0.15, 0.2) is 24.3 Å². The molecule has 0 bridgehead atoms. The second-order valence-corrected chi connectivity index (χ2v) is 4.08. The molecule has 1 amide bonds.